The van der Waals surface area contributed by atoms with Crippen molar-refractivity contribution in [2.24, 2.45) is 16.6 Å². The number of aliphatic hydroxyl groups is 1. The lowest BCUT2D eigenvalue weighted by Crippen LogP contribution is -2.43. The number of methoxy groups -OCH3 is 1. The molecule has 1 aliphatic carbocycles. The Morgan fingerprint density at radius 3 is 2.59 bits per heavy atom. The maximum absolute atomic E-state index is 13.3. The van der Waals surface area contributed by atoms with Crippen LogP contribution in [0.4, 0.5) is 13.2 Å². The fraction of sp³-hybridized carbons (Fsp3) is 0.458. The maximum Gasteiger partial charge on any atom is 0.433 e. The van der Waals surface area contributed by atoms with E-state index in [0.717, 1.165) is 30.2 Å². The van der Waals surface area contributed by atoms with Gasteiger partial charge in [0.15, 0.2) is 0 Å². The summed E-state index contributed by atoms with van der Waals surface area (Å²) in [5.41, 5.74) is 3.50. The predicted octanol–water partition coefficient (Wildman–Crippen LogP) is 1.80. The molecule has 1 atom stereocenters. The van der Waals surface area contributed by atoms with Crippen LogP contribution in [-0.2, 0) is 6.18 Å². The molecule has 1 aliphatic heterocycles. The van der Waals surface area contributed by atoms with Gasteiger partial charge >= 0.3 is 6.18 Å². The molecule has 7 nitrogen and oxygen atoms in total. The quantitative estimate of drug-likeness (QED) is 0.589. The van der Waals surface area contributed by atoms with Crippen molar-refractivity contribution in [2.75, 3.05) is 20.7 Å². The first kappa shape index (κ1) is 24.2. The summed E-state index contributed by atoms with van der Waals surface area (Å²) >= 11 is 0. The van der Waals surface area contributed by atoms with Crippen LogP contribution < -0.4 is 26.4 Å². The number of hydrogen-bond acceptors (Lipinski definition) is 6. The average Bonchev–Trinajstić information content (AvgIpc) is 3.20. The second-order valence-corrected chi connectivity index (χ2v) is 8.94. The monoisotopic (exact) mass is 476 g/mol. The van der Waals surface area contributed by atoms with Gasteiger partial charge in [-0.2, -0.15) is 13.2 Å². The number of fused-ring (bicyclic) bond motifs is 1. The van der Waals surface area contributed by atoms with Gasteiger partial charge in [-0.3, -0.25) is 9.79 Å². The lowest BCUT2D eigenvalue weighted by molar-refractivity contribution is -0.141. The summed E-state index contributed by atoms with van der Waals surface area (Å²) in [6.07, 6.45) is 0.239. The number of alkyl halides is 3. The van der Waals surface area contributed by atoms with Gasteiger partial charge in [-0.15, -0.1) is 0 Å². The molecule has 1 aromatic carbocycles. The number of halogens is 3. The number of ether oxygens (including phenoxy) is 1. The zero-order chi connectivity index (χ0) is 24.7. The number of hydrogen-bond donors (Lipinski definition) is 3. The molecule has 1 saturated carbocycles. The molecule has 1 fully saturated rings. The number of aromatic nitrogens is 1. The Balaban J connectivity index is 1.73. The number of nitrogens with zero attached hydrogens (tertiary/aromatic N) is 2. The van der Waals surface area contributed by atoms with Crippen LogP contribution in [0, 0.1) is 5.92 Å². The number of nitrogens with two attached hydrogens (primary N) is 1. The number of pyridine rings is 1. The van der Waals surface area contributed by atoms with Crippen LogP contribution >= 0.6 is 0 Å². The maximum atomic E-state index is 13.3. The number of carbonyl (C=O) groups is 1. The molecule has 2 aromatic rings. The fourth-order valence-electron chi connectivity index (χ4n) is 4.85. The third kappa shape index (κ3) is 4.65. The Bertz CT molecular complexity index is 1220. The normalized spacial score (nSPS) is 24.2. The number of amides is 1. The molecule has 182 valence electrons. The first-order valence-electron chi connectivity index (χ1n) is 11.1. The highest BCUT2D eigenvalue weighted by Crippen LogP contribution is 2.36. The van der Waals surface area contributed by atoms with Gasteiger partial charge in [0.1, 0.15) is 11.4 Å². The number of benzene rings is 1. The highest BCUT2D eigenvalue weighted by atomic mass is 19.4. The second kappa shape index (κ2) is 8.99. The van der Waals surface area contributed by atoms with Crippen molar-refractivity contribution >= 4 is 12.0 Å². The van der Waals surface area contributed by atoms with E-state index in [1.165, 1.54) is 7.11 Å². The van der Waals surface area contributed by atoms with E-state index in [-0.39, 0.29) is 34.5 Å². The number of nitrogens with one attached hydrogen (secondary N) is 1. The number of primary amides is 1. The summed E-state index contributed by atoms with van der Waals surface area (Å²) in [5, 5.41) is 15.1. The van der Waals surface area contributed by atoms with Crippen molar-refractivity contribution in [3.8, 4) is 17.0 Å². The first-order valence-corrected chi connectivity index (χ1v) is 11.1. The minimum absolute atomic E-state index is 0.112. The highest BCUT2D eigenvalue weighted by Gasteiger charge is 2.36. The van der Waals surface area contributed by atoms with Crippen LogP contribution in [0.3, 0.4) is 0 Å². The Kier molecular flexibility index (Phi) is 6.39. The molecule has 1 amide bonds. The summed E-state index contributed by atoms with van der Waals surface area (Å²) in [6, 6.07) is 4.95. The molecule has 34 heavy (non-hydrogen) atoms. The molecular formula is C24H27F3N4O3. The van der Waals surface area contributed by atoms with E-state index in [0.29, 0.717) is 24.7 Å². The van der Waals surface area contributed by atoms with Crippen molar-refractivity contribution in [2.45, 2.75) is 43.5 Å². The van der Waals surface area contributed by atoms with E-state index >= 15 is 0 Å². The van der Waals surface area contributed by atoms with E-state index in [2.05, 4.69) is 10.3 Å². The van der Waals surface area contributed by atoms with Gasteiger partial charge in [-0.1, -0.05) is 6.08 Å². The molecule has 2 heterocycles. The molecule has 2 aliphatic rings. The third-order valence-corrected chi connectivity index (χ3v) is 6.64. The van der Waals surface area contributed by atoms with E-state index < -0.39 is 23.4 Å². The van der Waals surface area contributed by atoms with Crippen molar-refractivity contribution in [3.05, 3.63) is 46.1 Å². The topological polar surface area (TPSA) is 110 Å². The number of carbonyl (C=O) groups excluding carboxylic acids is 1. The number of rotatable bonds is 6. The largest absolute Gasteiger partial charge is 0.496 e. The smallest absolute Gasteiger partial charge is 0.433 e. The van der Waals surface area contributed by atoms with Crippen LogP contribution in [0.5, 0.6) is 5.75 Å². The SMILES string of the molecule is CNCC1(O)CCC(C2C=c3cc(-c4nc(C(F)(F)F)ccc4C(N)=O)c(OC)cc3=N2)CC1. The molecule has 0 bridgehead atoms. The molecule has 1 unspecified atom stereocenters. The zero-order valence-corrected chi connectivity index (χ0v) is 18.9. The summed E-state index contributed by atoms with van der Waals surface area (Å²) in [6.45, 7) is 0.540. The van der Waals surface area contributed by atoms with Crippen LogP contribution in [0.25, 0.3) is 17.3 Å². The molecule has 0 spiro atoms. The third-order valence-electron chi connectivity index (χ3n) is 6.64. The Morgan fingerprint density at radius 2 is 2.00 bits per heavy atom. The lowest BCUT2D eigenvalue weighted by atomic mass is 9.76. The molecule has 0 saturated heterocycles. The molecular weight excluding hydrogens is 449 g/mol. The van der Waals surface area contributed by atoms with Gasteiger partial charge in [-0.25, -0.2) is 4.98 Å². The molecule has 1 aromatic heterocycles. The predicted molar refractivity (Wildman–Crippen MR) is 120 cm³/mol. The van der Waals surface area contributed by atoms with Crippen molar-refractivity contribution in [3.63, 3.8) is 0 Å². The fourth-order valence-corrected chi connectivity index (χ4v) is 4.85. The second-order valence-electron chi connectivity index (χ2n) is 8.94. The van der Waals surface area contributed by atoms with Gasteiger partial charge in [0.2, 0.25) is 0 Å². The lowest BCUT2D eigenvalue weighted by Gasteiger charge is -2.37. The van der Waals surface area contributed by atoms with Gasteiger partial charge in [0, 0.05) is 18.2 Å². The first-order chi connectivity index (χ1) is 16.0. The van der Waals surface area contributed by atoms with Crippen molar-refractivity contribution < 1.29 is 27.8 Å². The highest BCUT2D eigenvalue weighted by molar-refractivity contribution is 5.99. The zero-order valence-electron chi connectivity index (χ0n) is 18.9. The van der Waals surface area contributed by atoms with E-state index in [9.17, 15) is 23.1 Å². The number of likely N-dealkylation sites (N-methyl/N-ethyl adjacent to an activating group) is 1. The van der Waals surface area contributed by atoms with Crippen LogP contribution in [0.2, 0.25) is 0 Å². The Morgan fingerprint density at radius 1 is 1.29 bits per heavy atom. The standard InChI is InChI=1S/C24H27F3N4O3/c1-29-12-23(33)7-5-13(6-8-23)17-10-14-9-16(19(34-2)11-18(14)30-17)21-15(22(28)32)3-4-20(31-21)24(25,26)27/h3-4,9-11,13,17,29,33H,5-8,12H2,1-2H3,(H2,28,32). The van der Waals surface area contributed by atoms with Crippen LogP contribution in [0.15, 0.2) is 29.3 Å². The minimum Gasteiger partial charge on any atom is -0.496 e. The molecule has 10 heteroatoms. The summed E-state index contributed by atoms with van der Waals surface area (Å²) in [4.78, 5) is 20.5. The van der Waals surface area contributed by atoms with Crippen LogP contribution in [0.1, 0.15) is 41.7 Å². The summed E-state index contributed by atoms with van der Waals surface area (Å²) in [5.74, 6) is -0.397. The Hall–Kier alpha value is -2.98. The summed E-state index contributed by atoms with van der Waals surface area (Å²) in [7, 11) is 3.21. The summed E-state index contributed by atoms with van der Waals surface area (Å²) < 4.78 is 45.4. The molecule has 4 rings (SSSR count). The van der Waals surface area contributed by atoms with Gasteiger partial charge in [0.05, 0.1) is 35.4 Å². The van der Waals surface area contributed by atoms with Crippen molar-refractivity contribution in [1.29, 1.82) is 0 Å². The van der Waals surface area contributed by atoms with Gasteiger partial charge in [-0.05, 0) is 62.1 Å². The van der Waals surface area contributed by atoms with E-state index in [1.807, 2.05) is 13.1 Å². The minimum atomic E-state index is -4.68. The molecule has 4 N–H and O–H groups in total. The van der Waals surface area contributed by atoms with E-state index in [1.54, 1.807) is 12.1 Å². The van der Waals surface area contributed by atoms with Crippen LogP contribution in [-0.4, -0.2) is 48.3 Å². The average molecular weight is 476 g/mol. The van der Waals surface area contributed by atoms with Gasteiger partial charge in [0.25, 0.3) is 5.91 Å². The van der Waals surface area contributed by atoms with Crippen molar-refractivity contribution in [1.82, 2.24) is 10.3 Å². The Labute approximate surface area is 194 Å². The molecule has 0 radical (unpaired) electrons. The van der Waals surface area contributed by atoms with Gasteiger partial charge < -0.3 is 20.9 Å². The van der Waals surface area contributed by atoms with E-state index in [4.69, 9.17) is 15.5 Å².